The SMILES string of the molecule is CCc1ccccc1C(=O)c1cc(F)ccc1OC. The predicted octanol–water partition coefficient (Wildman–Crippen LogP) is 3.63. The Morgan fingerprint density at radius 1 is 1.16 bits per heavy atom. The van der Waals surface area contributed by atoms with E-state index in [-0.39, 0.29) is 11.3 Å². The molecule has 0 atom stereocenters. The molecular weight excluding hydrogens is 243 g/mol. The first-order valence-corrected chi connectivity index (χ1v) is 6.13. The molecule has 2 nitrogen and oxygen atoms in total. The summed E-state index contributed by atoms with van der Waals surface area (Å²) in [5, 5.41) is 0. The van der Waals surface area contributed by atoms with Crippen LogP contribution in [-0.4, -0.2) is 12.9 Å². The zero-order valence-electron chi connectivity index (χ0n) is 10.9. The van der Waals surface area contributed by atoms with Crippen LogP contribution in [0.5, 0.6) is 5.75 Å². The molecule has 0 aliphatic heterocycles. The lowest BCUT2D eigenvalue weighted by Gasteiger charge is -2.10. The number of ketones is 1. The summed E-state index contributed by atoms with van der Waals surface area (Å²) < 4.78 is 18.5. The van der Waals surface area contributed by atoms with Gasteiger partial charge in [0, 0.05) is 5.56 Å². The minimum Gasteiger partial charge on any atom is -0.496 e. The first-order valence-electron chi connectivity index (χ1n) is 6.13. The Morgan fingerprint density at radius 2 is 1.89 bits per heavy atom. The Morgan fingerprint density at radius 3 is 2.58 bits per heavy atom. The van der Waals surface area contributed by atoms with Crippen molar-refractivity contribution in [2.45, 2.75) is 13.3 Å². The van der Waals surface area contributed by atoms with E-state index in [2.05, 4.69) is 0 Å². The molecule has 0 aliphatic carbocycles. The number of carbonyl (C=O) groups excluding carboxylic acids is 1. The van der Waals surface area contributed by atoms with Crippen LogP contribution in [0.25, 0.3) is 0 Å². The Labute approximate surface area is 111 Å². The fourth-order valence-electron chi connectivity index (χ4n) is 2.05. The van der Waals surface area contributed by atoms with Gasteiger partial charge in [0.05, 0.1) is 12.7 Å². The second kappa shape index (κ2) is 5.65. The lowest BCUT2D eigenvalue weighted by Crippen LogP contribution is -2.07. The summed E-state index contributed by atoms with van der Waals surface area (Å²) in [7, 11) is 1.47. The van der Waals surface area contributed by atoms with Crippen molar-refractivity contribution in [3.05, 3.63) is 65.0 Å². The van der Waals surface area contributed by atoms with Crippen LogP contribution in [0, 0.1) is 5.82 Å². The summed E-state index contributed by atoms with van der Waals surface area (Å²) in [5.74, 6) is -0.274. The second-order valence-electron chi connectivity index (χ2n) is 4.18. The van der Waals surface area contributed by atoms with Crippen molar-refractivity contribution in [3.63, 3.8) is 0 Å². The predicted molar refractivity (Wildman–Crippen MR) is 72.2 cm³/mol. The standard InChI is InChI=1S/C16H15FO2/c1-3-11-6-4-5-7-13(11)16(18)14-10-12(17)8-9-15(14)19-2/h4-10H,3H2,1-2H3. The number of methoxy groups -OCH3 is 1. The van der Waals surface area contributed by atoms with Crippen LogP contribution in [0.4, 0.5) is 4.39 Å². The van der Waals surface area contributed by atoms with Gasteiger partial charge in [0.2, 0.25) is 0 Å². The molecule has 3 heteroatoms. The molecular formula is C16H15FO2. The molecule has 2 rings (SSSR count). The minimum absolute atomic E-state index is 0.214. The largest absolute Gasteiger partial charge is 0.496 e. The summed E-state index contributed by atoms with van der Waals surface area (Å²) in [5.41, 5.74) is 1.79. The summed E-state index contributed by atoms with van der Waals surface area (Å²) in [4.78, 5) is 12.5. The van der Waals surface area contributed by atoms with Gasteiger partial charge in [-0.25, -0.2) is 4.39 Å². The third kappa shape index (κ3) is 2.65. The van der Waals surface area contributed by atoms with Crippen LogP contribution in [0.1, 0.15) is 28.4 Å². The highest BCUT2D eigenvalue weighted by atomic mass is 19.1. The first kappa shape index (κ1) is 13.3. The normalized spacial score (nSPS) is 10.3. The van der Waals surface area contributed by atoms with Gasteiger partial charge in [0.1, 0.15) is 11.6 Å². The number of halogens is 1. The fourth-order valence-corrected chi connectivity index (χ4v) is 2.05. The van der Waals surface area contributed by atoms with Gasteiger partial charge < -0.3 is 4.74 Å². The zero-order valence-corrected chi connectivity index (χ0v) is 10.9. The van der Waals surface area contributed by atoms with Crippen molar-refractivity contribution in [2.75, 3.05) is 7.11 Å². The van der Waals surface area contributed by atoms with E-state index in [0.29, 0.717) is 11.3 Å². The van der Waals surface area contributed by atoms with Crippen molar-refractivity contribution in [1.29, 1.82) is 0 Å². The third-order valence-electron chi connectivity index (χ3n) is 3.05. The number of benzene rings is 2. The van der Waals surface area contributed by atoms with E-state index in [1.165, 1.54) is 25.3 Å². The van der Waals surface area contributed by atoms with Crippen LogP contribution < -0.4 is 4.74 Å². The Balaban J connectivity index is 2.52. The van der Waals surface area contributed by atoms with Gasteiger partial charge in [-0.15, -0.1) is 0 Å². The molecule has 19 heavy (non-hydrogen) atoms. The summed E-state index contributed by atoms with van der Waals surface area (Å²) in [6.07, 6.45) is 0.750. The zero-order chi connectivity index (χ0) is 13.8. The topological polar surface area (TPSA) is 26.3 Å². The highest BCUT2D eigenvalue weighted by Crippen LogP contribution is 2.24. The molecule has 98 valence electrons. The molecule has 0 N–H and O–H groups in total. The Kier molecular flexibility index (Phi) is 3.95. The molecule has 0 heterocycles. The van der Waals surface area contributed by atoms with Crippen molar-refractivity contribution < 1.29 is 13.9 Å². The molecule has 0 radical (unpaired) electrons. The number of carbonyl (C=O) groups is 1. The summed E-state index contributed by atoms with van der Waals surface area (Å²) in [6.45, 7) is 1.98. The molecule has 0 saturated heterocycles. The van der Waals surface area contributed by atoms with Crippen LogP contribution in [0.2, 0.25) is 0 Å². The Bertz CT molecular complexity index is 605. The molecule has 0 unspecified atom stereocenters. The quantitative estimate of drug-likeness (QED) is 0.783. The molecule has 0 bridgehead atoms. The van der Waals surface area contributed by atoms with E-state index in [1.54, 1.807) is 12.1 Å². The van der Waals surface area contributed by atoms with Crippen molar-refractivity contribution in [3.8, 4) is 5.75 Å². The number of ether oxygens (including phenoxy) is 1. The van der Waals surface area contributed by atoms with Gasteiger partial charge in [-0.05, 0) is 30.2 Å². The van der Waals surface area contributed by atoms with Crippen LogP contribution in [-0.2, 0) is 6.42 Å². The fraction of sp³-hybridized carbons (Fsp3) is 0.188. The third-order valence-corrected chi connectivity index (χ3v) is 3.05. The first-order chi connectivity index (χ1) is 9.17. The van der Waals surface area contributed by atoms with Gasteiger partial charge in [-0.3, -0.25) is 4.79 Å². The highest BCUT2D eigenvalue weighted by Gasteiger charge is 2.17. The monoisotopic (exact) mass is 258 g/mol. The molecule has 0 amide bonds. The molecule has 2 aromatic carbocycles. The number of aryl methyl sites for hydroxylation is 1. The lowest BCUT2D eigenvalue weighted by molar-refractivity contribution is 0.103. The number of hydrogen-bond acceptors (Lipinski definition) is 2. The van der Waals surface area contributed by atoms with Crippen LogP contribution >= 0.6 is 0 Å². The van der Waals surface area contributed by atoms with E-state index >= 15 is 0 Å². The summed E-state index contributed by atoms with van der Waals surface area (Å²) in [6, 6.07) is 11.3. The van der Waals surface area contributed by atoms with Crippen LogP contribution in [0.15, 0.2) is 42.5 Å². The molecule has 0 fully saturated rings. The second-order valence-corrected chi connectivity index (χ2v) is 4.18. The molecule has 2 aromatic rings. The van der Waals surface area contributed by atoms with E-state index < -0.39 is 5.82 Å². The van der Waals surface area contributed by atoms with Crippen molar-refractivity contribution in [1.82, 2.24) is 0 Å². The average Bonchev–Trinajstić information content (AvgIpc) is 2.46. The maximum Gasteiger partial charge on any atom is 0.197 e. The lowest BCUT2D eigenvalue weighted by atomic mass is 9.96. The smallest absolute Gasteiger partial charge is 0.197 e. The van der Waals surface area contributed by atoms with Crippen molar-refractivity contribution in [2.24, 2.45) is 0 Å². The average molecular weight is 258 g/mol. The molecule has 0 spiro atoms. The molecule has 0 aromatic heterocycles. The summed E-state index contributed by atoms with van der Waals surface area (Å²) >= 11 is 0. The number of hydrogen-bond donors (Lipinski definition) is 0. The van der Waals surface area contributed by atoms with Crippen molar-refractivity contribution >= 4 is 5.78 Å². The number of rotatable bonds is 4. The Hall–Kier alpha value is -2.16. The van der Waals surface area contributed by atoms with E-state index in [9.17, 15) is 9.18 Å². The molecule has 0 saturated carbocycles. The van der Waals surface area contributed by atoms with Gasteiger partial charge in [0.15, 0.2) is 5.78 Å². The highest BCUT2D eigenvalue weighted by molar-refractivity contribution is 6.11. The maximum atomic E-state index is 13.3. The van der Waals surface area contributed by atoms with Gasteiger partial charge >= 0.3 is 0 Å². The minimum atomic E-state index is -0.446. The molecule has 0 aliphatic rings. The van der Waals surface area contributed by atoms with E-state index in [0.717, 1.165) is 12.0 Å². The van der Waals surface area contributed by atoms with E-state index in [1.807, 2.05) is 19.1 Å². The maximum absolute atomic E-state index is 13.3. The van der Waals surface area contributed by atoms with Gasteiger partial charge in [-0.2, -0.15) is 0 Å². The van der Waals surface area contributed by atoms with E-state index in [4.69, 9.17) is 4.74 Å². The van der Waals surface area contributed by atoms with Crippen LogP contribution in [0.3, 0.4) is 0 Å². The van der Waals surface area contributed by atoms with Gasteiger partial charge in [0.25, 0.3) is 0 Å². The van der Waals surface area contributed by atoms with Gasteiger partial charge in [-0.1, -0.05) is 31.2 Å².